The second kappa shape index (κ2) is 7.05. The summed E-state index contributed by atoms with van der Waals surface area (Å²) in [6.07, 6.45) is 5.06. The minimum atomic E-state index is -0.321. The Morgan fingerprint density at radius 3 is 2.38 bits per heavy atom. The molecule has 6 nitrogen and oxygen atoms in total. The Balaban J connectivity index is 1.82. The minimum absolute atomic E-state index is 0.175. The van der Waals surface area contributed by atoms with Gasteiger partial charge in [0.05, 0.1) is 11.9 Å². The van der Waals surface area contributed by atoms with Gasteiger partial charge in [-0.15, -0.1) is 0 Å². The van der Waals surface area contributed by atoms with E-state index in [4.69, 9.17) is 0 Å². The highest BCUT2D eigenvalue weighted by molar-refractivity contribution is 5.89. The third-order valence-electron chi connectivity index (χ3n) is 4.45. The first-order valence-corrected chi connectivity index (χ1v) is 8.48. The molecule has 1 N–H and O–H groups in total. The molecule has 0 spiro atoms. The fourth-order valence-corrected chi connectivity index (χ4v) is 3.11. The van der Waals surface area contributed by atoms with E-state index in [2.05, 4.69) is 15.4 Å². The number of aromatic nitrogens is 3. The average Bonchev–Trinajstić information content (AvgIpc) is 3.14. The maximum atomic E-state index is 13.4. The first-order chi connectivity index (χ1) is 12.7. The highest BCUT2D eigenvalue weighted by Gasteiger charge is 2.24. The molecule has 0 bridgehead atoms. The summed E-state index contributed by atoms with van der Waals surface area (Å²) in [7, 11) is 0. The topological polar surface area (TPSA) is 63.1 Å². The van der Waals surface area contributed by atoms with Crippen LogP contribution in [0.15, 0.2) is 55.0 Å². The number of rotatable bonds is 2. The molecule has 132 valence electrons. The van der Waals surface area contributed by atoms with Crippen molar-refractivity contribution in [2.75, 3.05) is 26.2 Å². The number of carbonyl (C=O) groups is 1. The summed E-state index contributed by atoms with van der Waals surface area (Å²) in [4.78, 5) is 18.8. The third-order valence-corrected chi connectivity index (χ3v) is 4.45. The van der Waals surface area contributed by atoms with Crippen LogP contribution in [0.1, 0.15) is 0 Å². The summed E-state index contributed by atoms with van der Waals surface area (Å²) in [5, 5.41) is 7.59. The minimum Gasteiger partial charge on any atom is -0.320 e. The van der Waals surface area contributed by atoms with E-state index in [0.717, 1.165) is 29.8 Å². The SMILES string of the molecule is O=C(N1CCNCC1)n1ncc(-c2ccncc2)c1-c1ccc(F)cc1. The number of hydrogen-bond acceptors (Lipinski definition) is 4. The van der Waals surface area contributed by atoms with Gasteiger partial charge < -0.3 is 10.2 Å². The van der Waals surface area contributed by atoms with Crippen LogP contribution in [-0.4, -0.2) is 51.9 Å². The van der Waals surface area contributed by atoms with E-state index in [-0.39, 0.29) is 11.8 Å². The summed E-state index contributed by atoms with van der Waals surface area (Å²) in [5.41, 5.74) is 3.10. The van der Waals surface area contributed by atoms with Crippen molar-refractivity contribution in [3.05, 3.63) is 60.8 Å². The van der Waals surface area contributed by atoms with Gasteiger partial charge in [-0.3, -0.25) is 4.98 Å². The van der Waals surface area contributed by atoms with Gasteiger partial charge in [0.15, 0.2) is 0 Å². The number of hydrogen-bond donors (Lipinski definition) is 1. The van der Waals surface area contributed by atoms with Crippen LogP contribution in [0.4, 0.5) is 9.18 Å². The van der Waals surface area contributed by atoms with Gasteiger partial charge in [0.1, 0.15) is 5.82 Å². The van der Waals surface area contributed by atoms with E-state index in [1.807, 2.05) is 12.1 Å². The zero-order valence-corrected chi connectivity index (χ0v) is 14.1. The molecule has 0 unspecified atom stereocenters. The van der Waals surface area contributed by atoms with Gasteiger partial charge in [-0.25, -0.2) is 9.18 Å². The predicted molar refractivity (Wildman–Crippen MR) is 96.1 cm³/mol. The van der Waals surface area contributed by atoms with E-state index < -0.39 is 0 Å². The van der Waals surface area contributed by atoms with E-state index in [0.29, 0.717) is 18.8 Å². The monoisotopic (exact) mass is 351 g/mol. The number of benzene rings is 1. The molecule has 1 aliphatic rings. The number of carbonyl (C=O) groups excluding carboxylic acids is 1. The summed E-state index contributed by atoms with van der Waals surface area (Å²) >= 11 is 0. The van der Waals surface area contributed by atoms with Gasteiger partial charge in [0, 0.05) is 49.7 Å². The van der Waals surface area contributed by atoms with Crippen LogP contribution < -0.4 is 5.32 Å². The molecule has 7 heteroatoms. The van der Waals surface area contributed by atoms with Gasteiger partial charge in [-0.05, 0) is 42.0 Å². The Labute approximate surface area is 150 Å². The van der Waals surface area contributed by atoms with Crippen LogP contribution in [0, 0.1) is 5.82 Å². The number of pyridine rings is 1. The molecule has 1 saturated heterocycles. The summed E-state index contributed by atoms with van der Waals surface area (Å²) < 4.78 is 14.8. The maximum absolute atomic E-state index is 13.4. The molecule has 3 heterocycles. The molecule has 2 aromatic heterocycles. The summed E-state index contributed by atoms with van der Waals surface area (Å²) in [6.45, 7) is 2.78. The van der Waals surface area contributed by atoms with Gasteiger partial charge in [-0.1, -0.05) is 0 Å². The van der Waals surface area contributed by atoms with Crippen molar-refractivity contribution in [2.24, 2.45) is 0 Å². The number of nitrogens with zero attached hydrogens (tertiary/aromatic N) is 4. The van der Waals surface area contributed by atoms with Crippen molar-refractivity contribution in [1.29, 1.82) is 0 Å². The Morgan fingerprint density at radius 1 is 1.00 bits per heavy atom. The van der Waals surface area contributed by atoms with E-state index in [1.54, 1.807) is 35.6 Å². The van der Waals surface area contributed by atoms with Crippen LogP contribution >= 0.6 is 0 Å². The number of piperazine rings is 1. The summed E-state index contributed by atoms with van der Waals surface area (Å²) in [5.74, 6) is -0.321. The van der Waals surface area contributed by atoms with Crippen molar-refractivity contribution >= 4 is 6.03 Å². The largest absolute Gasteiger partial charge is 0.345 e. The average molecular weight is 351 g/mol. The van der Waals surface area contributed by atoms with Crippen molar-refractivity contribution in [3.8, 4) is 22.4 Å². The molecular formula is C19H18FN5O. The molecule has 3 aromatic rings. The smallest absolute Gasteiger partial charge is 0.320 e. The Kier molecular flexibility index (Phi) is 4.45. The first-order valence-electron chi connectivity index (χ1n) is 8.48. The first kappa shape index (κ1) is 16.4. The molecule has 1 aliphatic heterocycles. The fraction of sp³-hybridized carbons (Fsp3) is 0.211. The lowest BCUT2D eigenvalue weighted by Crippen LogP contribution is -2.48. The third kappa shape index (κ3) is 3.09. The standard InChI is InChI=1S/C19H18FN5O/c20-16-3-1-15(2-4-16)18-17(14-5-7-21-8-6-14)13-23-25(18)19(26)24-11-9-22-10-12-24/h1-8,13,22H,9-12H2. The molecule has 1 amide bonds. The van der Waals surface area contributed by atoms with Crippen LogP contribution in [0.2, 0.25) is 0 Å². The number of nitrogens with one attached hydrogen (secondary N) is 1. The lowest BCUT2D eigenvalue weighted by atomic mass is 10.0. The normalized spacial score (nSPS) is 14.4. The van der Waals surface area contributed by atoms with E-state index >= 15 is 0 Å². The van der Waals surface area contributed by atoms with Crippen molar-refractivity contribution < 1.29 is 9.18 Å². The summed E-state index contributed by atoms with van der Waals surface area (Å²) in [6, 6.07) is 9.66. The zero-order valence-electron chi connectivity index (χ0n) is 14.1. The van der Waals surface area contributed by atoms with Crippen LogP contribution in [0.3, 0.4) is 0 Å². The fourth-order valence-electron chi connectivity index (χ4n) is 3.11. The molecular weight excluding hydrogens is 333 g/mol. The van der Waals surface area contributed by atoms with E-state index in [9.17, 15) is 9.18 Å². The zero-order chi connectivity index (χ0) is 17.9. The maximum Gasteiger partial charge on any atom is 0.345 e. The quantitative estimate of drug-likeness (QED) is 0.771. The molecule has 1 aromatic carbocycles. The Bertz CT molecular complexity index is 901. The lowest BCUT2D eigenvalue weighted by Gasteiger charge is -2.27. The van der Waals surface area contributed by atoms with Gasteiger partial charge in [-0.2, -0.15) is 9.78 Å². The molecule has 4 rings (SSSR count). The van der Waals surface area contributed by atoms with Crippen molar-refractivity contribution in [1.82, 2.24) is 25.0 Å². The highest BCUT2D eigenvalue weighted by Crippen LogP contribution is 2.32. The number of halogens is 1. The molecule has 0 aliphatic carbocycles. The van der Waals surface area contributed by atoms with Crippen molar-refractivity contribution in [2.45, 2.75) is 0 Å². The molecule has 0 radical (unpaired) electrons. The van der Waals surface area contributed by atoms with Gasteiger partial charge in [0.2, 0.25) is 0 Å². The van der Waals surface area contributed by atoms with Crippen molar-refractivity contribution in [3.63, 3.8) is 0 Å². The van der Waals surface area contributed by atoms with E-state index in [1.165, 1.54) is 16.8 Å². The van der Waals surface area contributed by atoms with Crippen LogP contribution in [-0.2, 0) is 0 Å². The Hall–Kier alpha value is -3.06. The van der Waals surface area contributed by atoms with Gasteiger partial charge >= 0.3 is 6.03 Å². The van der Waals surface area contributed by atoms with Crippen LogP contribution in [0.5, 0.6) is 0 Å². The number of amides is 1. The molecule has 0 saturated carbocycles. The molecule has 26 heavy (non-hydrogen) atoms. The molecule has 1 fully saturated rings. The predicted octanol–water partition coefficient (Wildman–Crippen LogP) is 2.62. The highest BCUT2D eigenvalue weighted by atomic mass is 19.1. The van der Waals surface area contributed by atoms with Crippen LogP contribution in [0.25, 0.3) is 22.4 Å². The van der Waals surface area contributed by atoms with Gasteiger partial charge in [0.25, 0.3) is 0 Å². The lowest BCUT2D eigenvalue weighted by molar-refractivity contribution is 0.189. The second-order valence-electron chi connectivity index (χ2n) is 6.08. The second-order valence-corrected chi connectivity index (χ2v) is 6.08. The Morgan fingerprint density at radius 2 is 1.69 bits per heavy atom. The molecule has 0 atom stereocenters.